The maximum absolute atomic E-state index is 12.8. The summed E-state index contributed by atoms with van der Waals surface area (Å²) in [6, 6.07) is 9.21. The van der Waals surface area contributed by atoms with Crippen LogP contribution >= 0.6 is 11.6 Å². The van der Waals surface area contributed by atoms with Crippen LogP contribution < -0.4 is 14.2 Å². The second kappa shape index (κ2) is 10.0. The number of nitrogens with zero attached hydrogens (tertiary/aromatic N) is 2. The van der Waals surface area contributed by atoms with Crippen LogP contribution in [0.2, 0.25) is 5.02 Å². The van der Waals surface area contributed by atoms with E-state index in [1.165, 1.54) is 0 Å². The van der Waals surface area contributed by atoms with E-state index in [4.69, 9.17) is 25.8 Å². The first-order valence-electron chi connectivity index (χ1n) is 10.1. The van der Waals surface area contributed by atoms with E-state index in [0.29, 0.717) is 36.8 Å². The van der Waals surface area contributed by atoms with Crippen molar-refractivity contribution < 1.29 is 19.0 Å². The number of halogens is 1. The van der Waals surface area contributed by atoms with Gasteiger partial charge in [0.25, 0.3) is 5.91 Å². The van der Waals surface area contributed by atoms with Crippen LogP contribution in [-0.4, -0.2) is 69.3 Å². The zero-order chi connectivity index (χ0) is 21.7. The SMILES string of the molecule is COc1ccc(C(=O)N2CCN(CCOc3cc(C)c(Cl)c(C)c3)CC2)cc1OC. The van der Waals surface area contributed by atoms with Gasteiger partial charge in [-0.3, -0.25) is 9.69 Å². The monoisotopic (exact) mass is 432 g/mol. The zero-order valence-electron chi connectivity index (χ0n) is 18.0. The summed E-state index contributed by atoms with van der Waals surface area (Å²) in [5, 5.41) is 0.789. The molecule has 2 aromatic carbocycles. The molecule has 1 saturated heterocycles. The van der Waals surface area contributed by atoms with Gasteiger partial charge in [-0.1, -0.05) is 11.6 Å². The van der Waals surface area contributed by atoms with Crippen molar-refractivity contribution in [3.05, 3.63) is 52.0 Å². The first-order chi connectivity index (χ1) is 14.4. The molecule has 3 rings (SSSR count). The molecule has 0 N–H and O–H groups in total. The number of aryl methyl sites for hydroxylation is 2. The van der Waals surface area contributed by atoms with Gasteiger partial charge in [-0.05, 0) is 55.3 Å². The van der Waals surface area contributed by atoms with Crippen LogP contribution in [0.3, 0.4) is 0 Å². The lowest BCUT2D eigenvalue weighted by molar-refractivity contribution is 0.0620. The smallest absolute Gasteiger partial charge is 0.254 e. The number of amides is 1. The topological polar surface area (TPSA) is 51.2 Å². The lowest BCUT2D eigenvalue weighted by atomic mass is 10.1. The predicted molar refractivity (Wildman–Crippen MR) is 118 cm³/mol. The fourth-order valence-corrected chi connectivity index (χ4v) is 3.72. The standard InChI is InChI=1S/C23H29ClN2O4/c1-16-13-19(14-17(2)22(16)24)30-12-11-25-7-9-26(10-8-25)23(27)18-5-6-20(28-3)21(15-18)29-4/h5-6,13-15H,7-12H2,1-4H3. The molecule has 0 spiro atoms. The molecule has 30 heavy (non-hydrogen) atoms. The molecule has 1 amide bonds. The minimum absolute atomic E-state index is 0.0129. The number of piperazine rings is 1. The first-order valence-corrected chi connectivity index (χ1v) is 10.4. The van der Waals surface area contributed by atoms with Crippen LogP contribution in [0.15, 0.2) is 30.3 Å². The Labute approximate surface area is 183 Å². The van der Waals surface area contributed by atoms with Crippen LogP contribution in [0.5, 0.6) is 17.2 Å². The van der Waals surface area contributed by atoms with Gasteiger partial charge in [0.15, 0.2) is 11.5 Å². The Balaban J connectivity index is 1.48. The zero-order valence-corrected chi connectivity index (χ0v) is 18.8. The van der Waals surface area contributed by atoms with Crippen molar-refractivity contribution in [1.29, 1.82) is 0 Å². The summed E-state index contributed by atoms with van der Waals surface area (Å²) >= 11 is 6.21. The molecule has 0 atom stereocenters. The number of ether oxygens (including phenoxy) is 3. The second-order valence-corrected chi connectivity index (χ2v) is 7.80. The molecule has 7 heteroatoms. The minimum atomic E-state index is 0.0129. The van der Waals surface area contributed by atoms with Gasteiger partial charge in [0.1, 0.15) is 12.4 Å². The van der Waals surface area contributed by atoms with Crippen LogP contribution in [0.25, 0.3) is 0 Å². The first kappa shape index (κ1) is 22.2. The van der Waals surface area contributed by atoms with Gasteiger partial charge in [-0.25, -0.2) is 0 Å². The van der Waals surface area contributed by atoms with Crippen molar-refractivity contribution in [3.63, 3.8) is 0 Å². The fourth-order valence-electron chi connectivity index (χ4n) is 3.61. The molecule has 0 saturated carbocycles. The Morgan fingerprint density at radius 1 is 0.967 bits per heavy atom. The molecule has 162 valence electrons. The lowest BCUT2D eigenvalue weighted by Crippen LogP contribution is -2.49. The van der Waals surface area contributed by atoms with Gasteiger partial charge in [0, 0.05) is 43.3 Å². The number of carbonyl (C=O) groups is 1. The van der Waals surface area contributed by atoms with Crippen molar-refractivity contribution in [2.45, 2.75) is 13.8 Å². The summed E-state index contributed by atoms with van der Waals surface area (Å²) in [7, 11) is 3.15. The number of carbonyl (C=O) groups excluding carboxylic acids is 1. The highest BCUT2D eigenvalue weighted by atomic mass is 35.5. The maximum atomic E-state index is 12.8. The molecule has 1 fully saturated rings. The molecular weight excluding hydrogens is 404 g/mol. The number of hydrogen-bond acceptors (Lipinski definition) is 5. The molecule has 0 aliphatic carbocycles. The Morgan fingerprint density at radius 2 is 1.60 bits per heavy atom. The minimum Gasteiger partial charge on any atom is -0.493 e. The Bertz CT molecular complexity index is 872. The van der Waals surface area contributed by atoms with Crippen molar-refractivity contribution in [1.82, 2.24) is 9.80 Å². The lowest BCUT2D eigenvalue weighted by Gasteiger charge is -2.34. The molecule has 1 aliphatic heterocycles. The normalized spacial score (nSPS) is 14.5. The van der Waals surface area contributed by atoms with Gasteiger partial charge in [0.05, 0.1) is 14.2 Å². The average molecular weight is 433 g/mol. The van der Waals surface area contributed by atoms with Gasteiger partial charge in [-0.2, -0.15) is 0 Å². The van der Waals surface area contributed by atoms with Crippen molar-refractivity contribution in [2.24, 2.45) is 0 Å². The van der Waals surface area contributed by atoms with Crippen LogP contribution in [0.4, 0.5) is 0 Å². The predicted octanol–water partition coefficient (Wildman–Crippen LogP) is 3.81. The summed E-state index contributed by atoms with van der Waals surface area (Å²) < 4.78 is 16.5. The summed E-state index contributed by atoms with van der Waals surface area (Å²) in [4.78, 5) is 17.0. The van der Waals surface area contributed by atoms with E-state index in [1.54, 1.807) is 32.4 Å². The molecule has 1 heterocycles. The molecule has 6 nitrogen and oxygen atoms in total. The summed E-state index contributed by atoms with van der Waals surface area (Å²) in [6.07, 6.45) is 0. The number of rotatable bonds is 7. The van der Waals surface area contributed by atoms with E-state index >= 15 is 0 Å². The molecular formula is C23H29ClN2O4. The molecule has 0 aromatic heterocycles. The highest BCUT2D eigenvalue weighted by Crippen LogP contribution is 2.28. The third-order valence-corrected chi connectivity index (χ3v) is 5.97. The molecule has 2 aromatic rings. The highest BCUT2D eigenvalue weighted by Gasteiger charge is 2.23. The van der Waals surface area contributed by atoms with Gasteiger partial charge in [0.2, 0.25) is 0 Å². The summed E-state index contributed by atoms with van der Waals surface area (Å²) in [6.45, 7) is 8.40. The third kappa shape index (κ3) is 5.18. The summed E-state index contributed by atoms with van der Waals surface area (Å²) in [5.74, 6) is 2.03. The largest absolute Gasteiger partial charge is 0.493 e. The van der Waals surface area contributed by atoms with Crippen molar-refractivity contribution in [2.75, 3.05) is 53.6 Å². The van der Waals surface area contributed by atoms with E-state index < -0.39 is 0 Å². The van der Waals surface area contributed by atoms with E-state index in [2.05, 4.69) is 4.90 Å². The van der Waals surface area contributed by atoms with E-state index in [0.717, 1.165) is 41.5 Å². The molecule has 0 bridgehead atoms. The molecule has 0 unspecified atom stereocenters. The van der Waals surface area contributed by atoms with Gasteiger partial charge < -0.3 is 19.1 Å². The van der Waals surface area contributed by atoms with E-state index in [1.807, 2.05) is 30.9 Å². The highest BCUT2D eigenvalue weighted by molar-refractivity contribution is 6.32. The van der Waals surface area contributed by atoms with Crippen molar-refractivity contribution >= 4 is 17.5 Å². The second-order valence-electron chi connectivity index (χ2n) is 7.42. The Kier molecular flexibility index (Phi) is 7.45. The maximum Gasteiger partial charge on any atom is 0.254 e. The van der Waals surface area contributed by atoms with E-state index in [-0.39, 0.29) is 5.91 Å². The quantitative estimate of drug-likeness (QED) is 0.665. The molecule has 1 aliphatic rings. The van der Waals surface area contributed by atoms with Crippen LogP contribution in [-0.2, 0) is 0 Å². The number of benzene rings is 2. The number of methoxy groups -OCH3 is 2. The fraction of sp³-hybridized carbons (Fsp3) is 0.435. The van der Waals surface area contributed by atoms with Gasteiger partial charge in [-0.15, -0.1) is 0 Å². The van der Waals surface area contributed by atoms with Crippen LogP contribution in [0.1, 0.15) is 21.5 Å². The third-order valence-electron chi connectivity index (χ3n) is 5.38. The summed E-state index contributed by atoms with van der Waals surface area (Å²) in [5.41, 5.74) is 2.65. The van der Waals surface area contributed by atoms with E-state index in [9.17, 15) is 4.79 Å². The number of hydrogen-bond donors (Lipinski definition) is 0. The average Bonchev–Trinajstić information content (AvgIpc) is 2.76. The Hall–Kier alpha value is -2.44. The van der Waals surface area contributed by atoms with Crippen molar-refractivity contribution in [3.8, 4) is 17.2 Å². The molecule has 0 radical (unpaired) electrons. The van der Waals surface area contributed by atoms with Gasteiger partial charge >= 0.3 is 0 Å². The Morgan fingerprint density at radius 3 is 2.20 bits per heavy atom. The van der Waals surface area contributed by atoms with Crippen LogP contribution in [0, 0.1) is 13.8 Å².